The van der Waals surface area contributed by atoms with Gasteiger partial charge in [-0.3, -0.25) is 4.68 Å². The number of hydrogen-bond donors (Lipinski definition) is 1. The maximum absolute atomic E-state index is 4.39. The highest BCUT2D eigenvalue weighted by atomic mass is 15.2. The minimum absolute atomic E-state index is 0.689. The molecule has 0 bridgehead atoms. The third-order valence-electron chi connectivity index (χ3n) is 3.99. The molecule has 1 aromatic heterocycles. The van der Waals surface area contributed by atoms with E-state index in [1.165, 1.54) is 24.1 Å². The molecule has 1 aliphatic carbocycles. The average molecular weight is 255 g/mol. The van der Waals surface area contributed by atoms with Gasteiger partial charge in [-0.15, -0.1) is 0 Å². The number of hydrogen-bond acceptors (Lipinski definition) is 2. The summed E-state index contributed by atoms with van der Waals surface area (Å²) < 4.78 is 1.87. The summed E-state index contributed by atoms with van der Waals surface area (Å²) in [5.74, 6) is 0.758. The van der Waals surface area contributed by atoms with Crippen LogP contribution < -0.4 is 5.32 Å². The van der Waals surface area contributed by atoms with E-state index in [1.54, 1.807) is 0 Å². The zero-order valence-corrected chi connectivity index (χ0v) is 11.4. The van der Waals surface area contributed by atoms with Crippen LogP contribution in [0, 0.1) is 0 Å². The molecular weight excluding hydrogens is 234 g/mol. The number of rotatable bonds is 5. The molecule has 1 N–H and O–H groups in total. The fourth-order valence-electron chi connectivity index (χ4n) is 2.78. The van der Waals surface area contributed by atoms with Crippen molar-refractivity contribution in [2.24, 2.45) is 7.05 Å². The molecule has 3 nitrogen and oxygen atoms in total. The Morgan fingerprint density at radius 1 is 1.21 bits per heavy atom. The quantitative estimate of drug-likeness (QED) is 0.889. The maximum Gasteiger partial charge on any atom is 0.0637 e. The normalized spacial score (nSPS) is 22.2. The van der Waals surface area contributed by atoms with Crippen LogP contribution in [0.5, 0.6) is 0 Å². The van der Waals surface area contributed by atoms with Gasteiger partial charge in [0.25, 0.3) is 0 Å². The van der Waals surface area contributed by atoms with E-state index in [0.717, 1.165) is 18.9 Å². The second-order valence-electron chi connectivity index (χ2n) is 5.46. The first-order valence-electron chi connectivity index (χ1n) is 7.08. The predicted molar refractivity (Wildman–Crippen MR) is 77.1 cm³/mol. The lowest BCUT2D eigenvalue weighted by atomic mass is 9.76. The Morgan fingerprint density at radius 3 is 2.68 bits per heavy atom. The molecule has 1 saturated carbocycles. The fourth-order valence-corrected chi connectivity index (χ4v) is 2.78. The van der Waals surface area contributed by atoms with Crippen molar-refractivity contribution in [3.8, 4) is 0 Å². The lowest BCUT2D eigenvalue weighted by Gasteiger charge is -2.36. The van der Waals surface area contributed by atoms with Crippen LogP contribution in [0.3, 0.4) is 0 Å². The first-order chi connectivity index (χ1) is 9.31. The van der Waals surface area contributed by atoms with Crippen LogP contribution >= 0.6 is 0 Å². The van der Waals surface area contributed by atoms with E-state index in [2.05, 4.69) is 46.8 Å². The van der Waals surface area contributed by atoms with Gasteiger partial charge in [0, 0.05) is 32.3 Å². The molecule has 1 aromatic carbocycles. The van der Waals surface area contributed by atoms with Gasteiger partial charge >= 0.3 is 0 Å². The Morgan fingerprint density at radius 2 is 2.00 bits per heavy atom. The third-order valence-corrected chi connectivity index (χ3v) is 3.99. The van der Waals surface area contributed by atoms with Crippen LogP contribution in [0.4, 0.5) is 0 Å². The Bertz CT molecular complexity index is 512. The van der Waals surface area contributed by atoms with E-state index in [4.69, 9.17) is 0 Å². The summed E-state index contributed by atoms with van der Waals surface area (Å²) in [5, 5.41) is 8.02. The molecule has 2 aromatic rings. The summed E-state index contributed by atoms with van der Waals surface area (Å²) in [6, 6.07) is 13.6. The minimum atomic E-state index is 0.689. The van der Waals surface area contributed by atoms with Crippen molar-refractivity contribution in [3.63, 3.8) is 0 Å². The number of benzene rings is 1. The van der Waals surface area contributed by atoms with Crippen molar-refractivity contribution in [1.82, 2.24) is 15.1 Å². The van der Waals surface area contributed by atoms with Crippen molar-refractivity contribution in [3.05, 3.63) is 53.9 Å². The molecule has 19 heavy (non-hydrogen) atoms. The van der Waals surface area contributed by atoms with E-state index in [1.807, 2.05) is 17.9 Å². The molecular formula is C16H21N3. The molecule has 0 radical (unpaired) electrons. The highest BCUT2D eigenvalue weighted by Crippen LogP contribution is 2.36. The van der Waals surface area contributed by atoms with Gasteiger partial charge in [-0.05, 0) is 30.4 Å². The van der Waals surface area contributed by atoms with Crippen molar-refractivity contribution < 1.29 is 0 Å². The second-order valence-corrected chi connectivity index (χ2v) is 5.46. The van der Waals surface area contributed by atoms with E-state index in [9.17, 15) is 0 Å². The van der Waals surface area contributed by atoms with Gasteiger partial charge in [-0.2, -0.15) is 5.10 Å². The first-order valence-corrected chi connectivity index (χ1v) is 7.08. The summed E-state index contributed by atoms with van der Waals surface area (Å²) in [6.45, 7) is 1.03. The molecule has 1 aliphatic rings. The smallest absolute Gasteiger partial charge is 0.0637 e. The Hall–Kier alpha value is -1.61. The van der Waals surface area contributed by atoms with Crippen LogP contribution in [0.25, 0.3) is 0 Å². The van der Waals surface area contributed by atoms with Gasteiger partial charge in [0.15, 0.2) is 0 Å². The predicted octanol–water partition coefficient (Wildman–Crippen LogP) is 2.50. The third kappa shape index (κ3) is 3.04. The Labute approximate surface area is 114 Å². The number of aromatic nitrogens is 2. The topological polar surface area (TPSA) is 29.9 Å². The molecule has 1 heterocycles. The molecule has 100 valence electrons. The lowest BCUT2D eigenvalue weighted by Crippen LogP contribution is -2.40. The zero-order chi connectivity index (χ0) is 13.1. The van der Waals surface area contributed by atoms with Gasteiger partial charge in [0.1, 0.15) is 0 Å². The molecule has 3 heteroatoms. The summed E-state index contributed by atoms with van der Waals surface area (Å²) in [7, 11) is 1.97. The molecule has 0 atom stereocenters. The molecule has 0 aliphatic heterocycles. The zero-order valence-electron chi connectivity index (χ0n) is 11.4. The van der Waals surface area contributed by atoms with Crippen LogP contribution in [-0.2, 0) is 13.5 Å². The van der Waals surface area contributed by atoms with Crippen molar-refractivity contribution in [1.29, 1.82) is 0 Å². The van der Waals surface area contributed by atoms with E-state index in [-0.39, 0.29) is 0 Å². The fraction of sp³-hybridized carbons (Fsp3) is 0.438. The molecule has 0 spiro atoms. The summed E-state index contributed by atoms with van der Waals surface area (Å²) >= 11 is 0. The summed E-state index contributed by atoms with van der Waals surface area (Å²) in [6.07, 6.45) is 5.57. The van der Waals surface area contributed by atoms with Crippen LogP contribution in [0.2, 0.25) is 0 Å². The second kappa shape index (κ2) is 5.57. The molecule has 1 fully saturated rings. The largest absolute Gasteiger partial charge is 0.314 e. The maximum atomic E-state index is 4.39. The van der Waals surface area contributed by atoms with Gasteiger partial charge in [0.05, 0.1) is 5.69 Å². The Kier molecular flexibility index (Phi) is 3.65. The number of aryl methyl sites for hydroxylation is 1. The Balaban J connectivity index is 1.38. The number of nitrogens with zero attached hydrogens (tertiary/aromatic N) is 2. The van der Waals surface area contributed by atoms with Gasteiger partial charge in [-0.25, -0.2) is 0 Å². The molecule has 0 unspecified atom stereocenters. The standard InChI is InChI=1S/C16H21N3/c1-19-10-8-15(18-19)7-9-17-16-11-14(12-16)13-5-3-2-4-6-13/h2-6,8,10,14,16-17H,7,9,11-12H2,1H3. The lowest BCUT2D eigenvalue weighted by molar-refractivity contribution is 0.292. The highest BCUT2D eigenvalue weighted by molar-refractivity contribution is 5.22. The number of nitrogens with one attached hydrogen (secondary N) is 1. The van der Waals surface area contributed by atoms with E-state index >= 15 is 0 Å². The van der Waals surface area contributed by atoms with Crippen molar-refractivity contribution in [2.75, 3.05) is 6.54 Å². The van der Waals surface area contributed by atoms with Gasteiger partial charge in [0.2, 0.25) is 0 Å². The van der Waals surface area contributed by atoms with E-state index in [0.29, 0.717) is 6.04 Å². The van der Waals surface area contributed by atoms with Gasteiger partial charge in [-0.1, -0.05) is 30.3 Å². The highest BCUT2D eigenvalue weighted by Gasteiger charge is 2.29. The van der Waals surface area contributed by atoms with E-state index < -0.39 is 0 Å². The van der Waals surface area contributed by atoms with Crippen LogP contribution in [0.1, 0.15) is 30.0 Å². The molecule has 0 saturated heterocycles. The first kappa shape index (κ1) is 12.4. The molecule has 3 rings (SSSR count). The van der Waals surface area contributed by atoms with Crippen molar-refractivity contribution in [2.45, 2.75) is 31.2 Å². The van der Waals surface area contributed by atoms with Gasteiger partial charge < -0.3 is 5.32 Å². The average Bonchev–Trinajstić information content (AvgIpc) is 2.79. The van der Waals surface area contributed by atoms with Crippen LogP contribution in [0.15, 0.2) is 42.6 Å². The summed E-state index contributed by atoms with van der Waals surface area (Å²) in [4.78, 5) is 0. The minimum Gasteiger partial charge on any atom is -0.314 e. The summed E-state index contributed by atoms with van der Waals surface area (Å²) in [5.41, 5.74) is 2.67. The SMILES string of the molecule is Cn1ccc(CCNC2CC(c3ccccc3)C2)n1. The van der Waals surface area contributed by atoms with Crippen LogP contribution in [-0.4, -0.2) is 22.4 Å². The van der Waals surface area contributed by atoms with Crippen molar-refractivity contribution >= 4 is 0 Å². The molecule has 0 amide bonds. The monoisotopic (exact) mass is 255 g/mol.